The molecule has 0 radical (unpaired) electrons. The van der Waals surface area contributed by atoms with E-state index in [1.807, 2.05) is 0 Å². The Morgan fingerprint density at radius 1 is 1.71 bits per heavy atom. The summed E-state index contributed by atoms with van der Waals surface area (Å²) in [4.78, 5) is 10.6. The van der Waals surface area contributed by atoms with Crippen molar-refractivity contribution in [2.24, 2.45) is 0 Å². The van der Waals surface area contributed by atoms with Crippen molar-refractivity contribution >= 4 is 5.97 Å². The zero-order chi connectivity index (χ0) is 9.97. The van der Waals surface area contributed by atoms with Gasteiger partial charge in [0.2, 0.25) is 0 Å². The maximum absolute atomic E-state index is 10.6. The molecule has 1 aromatic heterocycles. The van der Waals surface area contributed by atoms with Crippen LogP contribution in [0.2, 0.25) is 0 Å². The zero-order valence-electron chi connectivity index (χ0n) is 7.79. The van der Waals surface area contributed by atoms with Crippen LogP contribution >= 0.6 is 0 Å². The SMILES string of the molecule is O=C(O)c1cc(CC2CCCN2)[nH]n1. The summed E-state index contributed by atoms with van der Waals surface area (Å²) in [6.45, 7) is 1.06. The smallest absolute Gasteiger partial charge is 0.356 e. The Kier molecular flexibility index (Phi) is 2.49. The molecule has 3 N–H and O–H groups in total. The molecule has 1 aliphatic heterocycles. The summed E-state index contributed by atoms with van der Waals surface area (Å²) < 4.78 is 0. The topological polar surface area (TPSA) is 78.0 Å². The second kappa shape index (κ2) is 3.79. The van der Waals surface area contributed by atoms with E-state index >= 15 is 0 Å². The maximum Gasteiger partial charge on any atom is 0.356 e. The summed E-state index contributed by atoms with van der Waals surface area (Å²) in [6.07, 6.45) is 3.19. The predicted molar refractivity (Wildman–Crippen MR) is 50.3 cm³/mol. The standard InChI is InChI=1S/C9H13N3O2/c13-9(14)8-5-7(11-12-8)4-6-2-1-3-10-6/h5-6,10H,1-4H2,(H,11,12)(H,13,14). The molecular weight excluding hydrogens is 182 g/mol. The first-order valence-electron chi connectivity index (χ1n) is 4.76. The molecule has 5 heteroatoms. The van der Waals surface area contributed by atoms with Crippen molar-refractivity contribution in [1.29, 1.82) is 0 Å². The first-order chi connectivity index (χ1) is 6.75. The van der Waals surface area contributed by atoms with Crippen LogP contribution in [0.25, 0.3) is 0 Å². The Labute approximate surface area is 81.5 Å². The first-order valence-corrected chi connectivity index (χ1v) is 4.76. The Balaban J connectivity index is 1.98. The van der Waals surface area contributed by atoms with Gasteiger partial charge in [0.15, 0.2) is 5.69 Å². The van der Waals surface area contributed by atoms with Crippen molar-refractivity contribution in [1.82, 2.24) is 15.5 Å². The van der Waals surface area contributed by atoms with Crippen LogP contribution in [0.5, 0.6) is 0 Å². The first kappa shape index (κ1) is 9.21. The average molecular weight is 195 g/mol. The van der Waals surface area contributed by atoms with Gasteiger partial charge in [0, 0.05) is 18.2 Å². The van der Waals surface area contributed by atoms with Crippen molar-refractivity contribution in [2.45, 2.75) is 25.3 Å². The molecule has 0 saturated carbocycles. The molecule has 2 rings (SSSR count). The molecule has 0 amide bonds. The van der Waals surface area contributed by atoms with E-state index in [2.05, 4.69) is 15.5 Å². The molecule has 0 bridgehead atoms. The molecule has 1 saturated heterocycles. The van der Waals surface area contributed by atoms with Crippen molar-refractivity contribution in [3.8, 4) is 0 Å². The van der Waals surface area contributed by atoms with Gasteiger partial charge in [0.1, 0.15) is 0 Å². The number of nitrogens with zero attached hydrogens (tertiary/aromatic N) is 1. The van der Waals surface area contributed by atoms with Crippen LogP contribution in [0.1, 0.15) is 29.0 Å². The van der Waals surface area contributed by atoms with Crippen molar-refractivity contribution in [3.05, 3.63) is 17.5 Å². The van der Waals surface area contributed by atoms with E-state index in [-0.39, 0.29) is 5.69 Å². The molecule has 0 aromatic carbocycles. The van der Waals surface area contributed by atoms with E-state index in [1.165, 1.54) is 6.42 Å². The highest BCUT2D eigenvalue weighted by atomic mass is 16.4. The molecule has 1 unspecified atom stereocenters. The number of carboxylic acid groups (broad SMARTS) is 1. The minimum absolute atomic E-state index is 0.0954. The van der Waals surface area contributed by atoms with Gasteiger partial charge < -0.3 is 10.4 Å². The van der Waals surface area contributed by atoms with E-state index in [1.54, 1.807) is 6.07 Å². The average Bonchev–Trinajstić information content (AvgIpc) is 2.75. The lowest BCUT2D eigenvalue weighted by Crippen LogP contribution is -2.23. The summed E-state index contributed by atoms with van der Waals surface area (Å²) in [6, 6.07) is 2.07. The Morgan fingerprint density at radius 2 is 2.57 bits per heavy atom. The number of hydrogen-bond acceptors (Lipinski definition) is 3. The van der Waals surface area contributed by atoms with Crippen LogP contribution in [0.4, 0.5) is 0 Å². The highest BCUT2D eigenvalue weighted by Gasteiger charge is 2.16. The van der Waals surface area contributed by atoms with E-state index in [0.29, 0.717) is 6.04 Å². The summed E-state index contributed by atoms with van der Waals surface area (Å²) in [5, 5.41) is 18.5. The predicted octanol–water partition coefficient (Wildman–Crippen LogP) is 0.402. The molecule has 0 aliphatic carbocycles. The van der Waals surface area contributed by atoms with Gasteiger partial charge in [0.25, 0.3) is 0 Å². The fourth-order valence-electron chi connectivity index (χ4n) is 1.77. The van der Waals surface area contributed by atoms with Gasteiger partial charge in [-0.15, -0.1) is 0 Å². The molecule has 1 aromatic rings. The molecule has 76 valence electrons. The monoisotopic (exact) mass is 195 g/mol. The third-order valence-electron chi connectivity index (χ3n) is 2.48. The van der Waals surface area contributed by atoms with Crippen molar-refractivity contribution in [3.63, 3.8) is 0 Å². The minimum Gasteiger partial charge on any atom is -0.476 e. The summed E-state index contributed by atoms with van der Waals surface area (Å²) in [7, 11) is 0. The molecule has 0 spiro atoms. The number of H-pyrrole nitrogens is 1. The number of rotatable bonds is 3. The number of carboxylic acids is 1. The van der Waals surface area contributed by atoms with Crippen LogP contribution in [0, 0.1) is 0 Å². The zero-order valence-corrected chi connectivity index (χ0v) is 7.79. The van der Waals surface area contributed by atoms with Crippen LogP contribution < -0.4 is 5.32 Å². The molecule has 1 fully saturated rings. The van der Waals surface area contributed by atoms with Crippen molar-refractivity contribution in [2.75, 3.05) is 6.54 Å². The van der Waals surface area contributed by atoms with Gasteiger partial charge in [-0.05, 0) is 25.5 Å². The summed E-state index contributed by atoms with van der Waals surface area (Å²) >= 11 is 0. The van der Waals surface area contributed by atoms with Crippen LogP contribution in [-0.2, 0) is 6.42 Å². The quantitative estimate of drug-likeness (QED) is 0.652. The van der Waals surface area contributed by atoms with E-state index in [0.717, 1.165) is 25.1 Å². The number of aromatic nitrogens is 2. The summed E-state index contributed by atoms with van der Waals surface area (Å²) in [5.74, 6) is -0.980. The molecule has 14 heavy (non-hydrogen) atoms. The Bertz CT molecular complexity index is 329. The van der Waals surface area contributed by atoms with Gasteiger partial charge in [-0.1, -0.05) is 0 Å². The lowest BCUT2D eigenvalue weighted by molar-refractivity contribution is 0.0690. The normalized spacial score (nSPS) is 21.3. The number of carbonyl (C=O) groups is 1. The highest BCUT2D eigenvalue weighted by molar-refractivity contribution is 5.85. The second-order valence-electron chi connectivity index (χ2n) is 3.58. The third kappa shape index (κ3) is 1.93. The number of aromatic amines is 1. The fourth-order valence-corrected chi connectivity index (χ4v) is 1.77. The molecular formula is C9H13N3O2. The van der Waals surface area contributed by atoms with Crippen LogP contribution in [0.15, 0.2) is 6.07 Å². The van der Waals surface area contributed by atoms with Gasteiger partial charge >= 0.3 is 5.97 Å². The van der Waals surface area contributed by atoms with E-state index in [9.17, 15) is 4.79 Å². The Morgan fingerprint density at radius 3 is 3.14 bits per heavy atom. The second-order valence-corrected chi connectivity index (χ2v) is 3.58. The fraction of sp³-hybridized carbons (Fsp3) is 0.556. The minimum atomic E-state index is -0.980. The Hall–Kier alpha value is -1.36. The number of aromatic carboxylic acids is 1. The molecule has 2 heterocycles. The van der Waals surface area contributed by atoms with Crippen LogP contribution in [-0.4, -0.2) is 33.9 Å². The highest BCUT2D eigenvalue weighted by Crippen LogP contribution is 2.11. The van der Waals surface area contributed by atoms with Gasteiger partial charge in [-0.25, -0.2) is 4.79 Å². The molecule has 1 atom stereocenters. The van der Waals surface area contributed by atoms with Crippen LogP contribution in [0.3, 0.4) is 0 Å². The molecule has 1 aliphatic rings. The van der Waals surface area contributed by atoms with Gasteiger partial charge in [-0.3, -0.25) is 5.10 Å². The summed E-state index contributed by atoms with van der Waals surface area (Å²) in [5.41, 5.74) is 0.986. The lowest BCUT2D eigenvalue weighted by atomic mass is 10.1. The number of nitrogens with one attached hydrogen (secondary N) is 2. The van der Waals surface area contributed by atoms with Gasteiger partial charge in [0.05, 0.1) is 0 Å². The maximum atomic E-state index is 10.6. The van der Waals surface area contributed by atoms with E-state index in [4.69, 9.17) is 5.11 Å². The van der Waals surface area contributed by atoms with Gasteiger partial charge in [-0.2, -0.15) is 5.10 Å². The number of hydrogen-bond donors (Lipinski definition) is 3. The van der Waals surface area contributed by atoms with Crippen molar-refractivity contribution < 1.29 is 9.90 Å². The third-order valence-corrected chi connectivity index (χ3v) is 2.48. The largest absolute Gasteiger partial charge is 0.476 e. The van der Waals surface area contributed by atoms with E-state index < -0.39 is 5.97 Å². The molecule has 5 nitrogen and oxygen atoms in total. The lowest BCUT2D eigenvalue weighted by Gasteiger charge is -2.06.